The van der Waals surface area contributed by atoms with Crippen molar-refractivity contribution in [3.63, 3.8) is 0 Å². The van der Waals surface area contributed by atoms with E-state index in [1.54, 1.807) is 24.3 Å². The van der Waals surface area contributed by atoms with Crippen LogP contribution in [0.4, 0.5) is 28.9 Å². The first-order chi connectivity index (χ1) is 15.3. The maximum atomic E-state index is 14.2. The molecule has 1 N–H and O–H groups in total. The number of hydrogen-bond donors (Lipinski definition) is 1. The van der Waals surface area contributed by atoms with E-state index in [2.05, 4.69) is 16.0 Å². The molecule has 0 aliphatic carbocycles. The van der Waals surface area contributed by atoms with E-state index in [1.165, 1.54) is 42.5 Å². The fourth-order valence-electron chi connectivity index (χ4n) is 3.46. The molecule has 0 amide bonds. The number of nitrogens with one attached hydrogen (secondary N) is 1. The van der Waals surface area contributed by atoms with Crippen LogP contribution in [0.5, 0.6) is 5.75 Å². The fourth-order valence-corrected chi connectivity index (χ4v) is 3.46. The van der Waals surface area contributed by atoms with Crippen molar-refractivity contribution in [3.05, 3.63) is 89.5 Å². The molecule has 0 heterocycles. The second-order valence-electron chi connectivity index (χ2n) is 7.68. The van der Waals surface area contributed by atoms with Gasteiger partial charge in [-0.25, -0.2) is 8.78 Å². The summed E-state index contributed by atoms with van der Waals surface area (Å²) in [4.78, 5) is 0. The van der Waals surface area contributed by atoms with Gasteiger partial charge in [-0.2, -0.15) is 8.78 Å². The van der Waals surface area contributed by atoms with Crippen LogP contribution in [-0.2, 0) is 11.8 Å². The van der Waals surface area contributed by atoms with Crippen molar-refractivity contribution >= 4 is 11.4 Å². The normalized spacial score (nSPS) is 12.8. The number of hydrogen-bond acceptors (Lipinski definition) is 2. The van der Waals surface area contributed by atoms with E-state index in [9.17, 15) is 17.6 Å². The van der Waals surface area contributed by atoms with Gasteiger partial charge in [0.1, 0.15) is 17.4 Å². The molecule has 0 aromatic heterocycles. The molecule has 0 aliphatic rings. The van der Waals surface area contributed by atoms with Crippen LogP contribution in [0.1, 0.15) is 30.9 Å². The minimum atomic E-state index is -2.88. The maximum Gasteiger partial charge on any atom is 0.387 e. The largest absolute Gasteiger partial charge is 0.435 e. The molecule has 32 heavy (non-hydrogen) atoms. The molecular formula is C26H23F4NO. The van der Waals surface area contributed by atoms with Crippen LogP contribution in [0.25, 0.3) is 0 Å². The van der Waals surface area contributed by atoms with Crippen molar-refractivity contribution in [3.8, 4) is 18.1 Å². The van der Waals surface area contributed by atoms with Gasteiger partial charge in [0.25, 0.3) is 0 Å². The highest BCUT2D eigenvalue weighted by atomic mass is 19.3. The van der Waals surface area contributed by atoms with Crippen molar-refractivity contribution in [2.24, 2.45) is 0 Å². The minimum absolute atomic E-state index is 0.0793. The number of halogens is 4. The Morgan fingerprint density at radius 3 is 2.31 bits per heavy atom. The lowest BCUT2D eigenvalue weighted by atomic mass is 9.78. The van der Waals surface area contributed by atoms with Crippen LogP contribution >= 0.6 is 0 Å². The number of anilines is 2. The zero-order valence-electron chi connectivity index (χ0n) is 17.5. The third-order valence-electron chi connectivity index (χ3n) is 5.33. The smallest absolute Gasteiger partial charge is 0.387 e. The monoisotopic (exact) mass is 441 g/mol. The Balaban J connectivity index is 1.64. The van der Waals surface area contributed by atoms with E-state index in [0.29, 0.717) is 24.2 Å². The van der Waals surface area contributed by atoms with Gasteiger partial charge in [0.15, 0.2) is 0 Å². The summed E-state index contributed by atoms with van der Waals surface area (Å²) in [6.07, 6.45) is 7.84. The lowest BCUT2D eigenvalue weighted by Gasteiger charge is -2.24. The van der Waals surface area contributed by atoms with Crippen LogP contribution in [0, 0.1) is 24.0 Å². The summed E-state index contributed by atoms with van der Waals surface area (Å²) >= 11 is 0. The molecule has 0 bridgehead atoms. The molecule has 0 fully saturated rings. The molecule has 0 aliphatic heterocycles. The van der Waals surface area contributed by atoms with Crippen LogP contribution in [0.3, 0.4) is 0 Å². The summed E-state index contributed by atoms with van der Waals surface area (Å²) in [6.45, 7) is -0.958. The zero-order chi connectivity index (χ0) is 23.1. The SMILES string of the molecule is C#CC(C)(CCCc1ccc(F)c(Nc2ccc(F)cc2)c1)c1ccc(OC(F)F)cc1. The molecule has 3 rings (SSSR count). The van der Waals surface area contributed by atoms with E-state index in [1.807, 2.05) is 6.92 Å². The molecule has 1 unspecified atom stereocenters. The van der Waals surface area contributed by atoms with Crippen molar-refractivity contribution in [2.75, 3.05) is 5.32 Å². The summed E-state index contributed by atoms with van der Waals surface area (Å²) in [6, 6.07) is 16.9. The Labute approximate surface area is 185 Å². The van der Waals surface area contributed by atoms with E-state index in [-0.39, 0.29) is 11.6 Å². The third-order valence-corrected chi connectivity index (χ3v) is 5.33. The molecule has 1 atom stereocenters. The summed E-state index contributed by atoms with van der Waals surface area (Å²) in [7, 11) is 0. The van der Waals surface area contributed by atoms with Gasteiger partial charge in [-0.1, -0.05) is 24.1 Å². The van der Waals surface area contributed by atoms with E-state index < -0.39 is 17.8 Å². The fraction of sp³-hybridized carbons (Fsp3) is 0.231. The summed E-state index contributed by atoms with van der Waals surface area (Å²) in [5, 5.41) is 2.96. The van der Waals surface area contributed by atoms with Crippen LogP contribution in [0.15, 0.2) is 66.7 Å². The predicted molar refractivity (Wildman–Crippen MR) is 118 cm³/mol. The molecule has 0 spiro atoms. The molecule has 2 nitrogen and oxygen atoms in total. The van der Waals surface area contributed by atoms with Crippen molar-refractivity contribution in [1.29, 1.82) is 0 Å². The van der Waals surface area contributed by atoms with Gasteiger partial charge in [-0.3, -0.25) is 0 Å². The average Bonchev–Trinajstić information content (AvgIpc) is 2.77. The lowest BCUT2D eigenvalue weighted by molar-refractivity contribution is -0.0498. The average molecular weight is 441 g/mol. The molecule has 166 valence electrons. The zero-order valence-corrected chi connectivity index (χ0v) is 17.5. The Bertz CT molecular complexity index is 1070. The lowest BCUT2D eigenvalue weighted by Crippen LogP contribution is -2.19. The highest BCUT2D eigenvalue weighted by Crippen LogP contribution is 2.31. The van der Waals surface area contributed by atoms with E-state index >= 15 is 0 Å². The molecule has 3 aromatic rings. The number of terminal acetylenes is 1. The minimum Gasteiger partial charge on any atom is -0.435 e. The van der Waals surface area contributed by atoms with Gasteiger partial charge in [0.2, 0.25) is 0 Å². The number of benzene rings is 3. The van der Waals surface area contributed by atoms with Crippen molar-refractivity contribution < 1.29 is 22.3 Å². The van der Waals surface area contributed by atoms with Gasteiger partial charge in [-0.15, -0.1) is 6.42 Å². The number of aryl methyl sites for hydroxylation is 1. The van der Waals surface area contributed by atoms with Crippen LogP contribution in [-0.4, -0.2) is 6.61 Å². The standard InChI is InChI=1S/C26H23F4NO/c1-3-26(2,19-7-13-22(14-8-19)32-25(29)30)16-4-5-18-6-15-23(28)24(17-18)31-21-11-9-20(27)10-12-21/h1,6-15,17,25,31H,4-5,16H2,2H3. The molecule has 6 heteroatoms. The van der Waals surface area contributed by atoms with Gasteiger partial charge < -0.3 is 10.1 Å². The van der Waals surface area contributed by atoms with Crippen LogP contribution < -0.4 is 10.1 Å². The van der Waals surface area contributed by atoms with Crippen LogP contribution in [0.2, 0.25) is 0 Å². The van der Waals surface area contributed by atoms with Crippen molar-refractivity contribution in [2.45, 2.75) is 38.2 Å². The third kappa shape index (κ3) is 6.04. The summed E-state index contributed by atoms with van der Waals surface area (Å²) in [5.41, 5.74) is 2.07. The first-order valence-electron chi connectivity index (χ1n) is 10.1. The quantitative estimate of drug-likeness (QED) is 0.280. The molecule has 0 saturated carbocycles. The Morgan fingerprint density at radius 1 is 1.00 bits per heavy atom. The maximum absolute atomic E-state index is 14.2. The first kappa shape index (κ1) is 23.2. The van der Waals surface area contributed by atoms with Crippen molar-refractivity contribution in [1.82, 2.24) is 0 Å². The second-order valence-corrected chi connectivity index (χ2v) is 7.68. The van der Waals surface area contributed by atoms with Gasteiger partial charge in [-0.05, 0) is 85.8 Å². The van der Waals surface area contributed by atoms with E-state index in [4.69, 9.17) is 6.42 Å². The summed E-state index contributed by atoms with van der Waals surface area (Å²) < 4.78 is 56.4. The molecular weight excluding hydrogens is 418 g/mol. The molecule has 0 radical (unpaired) electrons. The summed E-state index contributed by atoms with van der Waals surface area (Å²) in [5.74, 6) is 2.12. The predicted octanol–water partition coefficient (Wildman–Crippen LogP) is 7.22. The number of rotatable bonds is 9. The van der Waals surface area contributed by atoms with E-state index in [0.717, 1.165) is 17.5 Å². The topological polar surface area (TPSA) is 21.3 Å². The highest BCUT2D eigenvalue weighted by Gasteiger charge is 2.24. The first-order valence-corrected chi connectivity index (χ1v) is 10.1. The molecule has 3 aromatic carbocycles. The number of alkyl halides is 2. The Kier molecular flexibility index (Phi) is 7.42. The van der Waals surface area contributed by atoms with Gasteiger partial charge >= 0.3 is 6.61 Å². The Morgan fingerprint density at radius 2 is 1.69 bits per heavy atom. The molecule has 0 saturated heterocycles. The van der Waals surface area contributed by atoms with Gasteiger partial charge in [0, 0.05) is 5.69 Å². The number of ether oxygens (including phenoxy) is 1. The van der Waals surface area contributed by atoms with Gasteiger partial charge in [0.05, 0.1) is 11.1 Å². The Hall–Kier alpha value is -3.46. The highest BCUT2D eigenvalue weighted by molar-refractivity contribution is 5.60. The second kappa shape index (κ2) is 10.2.